The number of halogens is 3. The van der Waals surface area contributed by atoms with Crippen LogP contribution in [-0.2, 0) is 15.6 Å². The van der Waals surface area contributed by atoms with Crippen LogP contribution in [0.2, 0.25) is 0 Å². The molecule has 1 atom stereocenters. The number of hydrogen-bond donors (Lipinski definition) is 2. The lowest BCUT2D eigenvalue weighted by atomic mass is 9.89. The van der Waals surface area contributed by atoms with Crippen molar-refractivity contribution in [1.29, 1.82) is 0 Å². The standard InChI is InChI=1S/C17H16F3N3O2S2/c1-17(7-8-26-16(21)22-17)10-5-6-11(18)14(9-10)23-27(24,25)15-12(19)3-2-4-13(15)20/h2-6,9,23H,7-8H2,1H3,(H2,21,22). The molecule has 3 rings (SSSR count). The molecular formula is C17H16F3N3O2S2. The van der Waals surface area contributed by atoms with E-state index in [0.29, 0.717) is 22.9 Å². The fraction of sp³-hybridized carbons (Fsp3) is 0.235. The Kier molecular flexibility index (Phi) is 5.13. The largest absolute Gasteiger partial charge is 0.379 e. The fourth-order valence-corrected chi connectivity index (χ4v) is 4.94. The molecule has 0 aliphatic carbocycles. The highest BCUT2D eigenvalue weighted by Gasteiger charge is 2.31. The van der Waals surface area contributed by atoms with E-state index >= 15 is 0 Å². The van der Waals surface area contributed by atoms with Crippen molar-refractivity contribution in [1.82, 2.24) is 0 Å². The van der Waals surface area contributed by atoms with Crippen molar-refractivity contribution < 1.29 is 21.6 Å². The SMILES string of the molecule is CC1(c2ccc(F)c(NS(=O)(=O)c3c(F)cccc3F)c2)CCSC(N)=N1. The number of aliphatic imine (C=N–C) groups is 1. The molecule has 1 unspecified atom stereocenters. The van der Waals surface area contributed by atoms with Gasteiger partial charge in [-0.05, 0) is 43.2 Å². The predicted octanol–water partition coefficient (Wildman–Crippen LogP) is 3.57. The molecule has 2 aromatic rings. The van der Waals surface area contributed by atoms with E-state index in [9.17, 15) is 21.6 Å². The average molecular weight is 415 g/mol. The molecule has 0 saturated heterocycles. The molecule has 27 heavy (non-hydrogen) atoms. The number of rotatable bonds is 4. The van der Waals surface area contributed by atoms with Crippen molar-refractivity contribution in [2.24, 2.45) is 10.7 Å². The normalized spacial score (nSPS) is 20.2. The van der Waals surface area contributed by atoms with Gasteiger partial charge in [0, 0.05) is 5.75 Å². The summed E-state index contributed by atoms with van der Waals surface area (Å²) in [5.74, 6) is -2.73. The molecule has 0 aromatic heterocycles. The van der Waals surface area contributed by atoms with Gasteiger partial charge >= 0.3 is 0 Å². The van der Waals surface area contributed by atoms with E-state index in [1.54, 1.807) is 6.92 Å². The second-order valence-electron chi connectivity index (χ2n) is 6.17. The van der Waals surface area contributed by atoms with Crippen LogP contribution in [0.5, 0.6) is 0 Å². The second kappa shape index (κ2) is 7.08. The fourth-order valence-electron chi connectivity index (χ4n) is 2.77. The molecule has 0 amide bonds. The Hall–Kier alpha value is -2.20. The van der Waals surface area contributed by atoms with Gasteiger partial charge < -0.3 is 5.73 Å². The van der Waals surface area contributed by atoms with Gasteiger partial charge in [0.1, 0.15) is 17.5 Å². The summed E-state index contributed by atoms with van der Waals surface area (Å²) in [6, 6.07) is 6.46. The van der Waals surface area contributed by atoms with Crippen molar-refractivity contribution in [2.75, 3.05) is 10.5 Å². The molecule has 2 aromatic carbocycles. The first-order valence-corrected chi connectivity index (χ1v) is 10.3. The van der Waals surface area contributed by atoms with Crippen LogP contribution >= 0.6 is 11.8 Å². The molecule has 0 bridgehead atoms. The third-order valence-corrected chi connectivity index (χ3v) is 6.43. The Morgan fingerprint density at radius 1 is 1.15 bits per heavy atom. The summed E-state index contributed by atoms with van der Waals surface area (Å²) >= 11 is 1.39. The zero-order chi connectivity index (χ0) is 19.8. The molecule has 1 aliphatic heterocycles. The van der Waals surface area contributed by atoms with Gasteiger partial charge in [0.15, 0.2) is 10.1 Å². The number of benzene rings is 2. The topological polar surface area (TPSA) is 84.5 Å². The van der Waals surface area contributed by atoms with Crippen LogP contribution in [0.25, 0.3) is 0 Å². The quantitative estimate of drug-likeness (QED) is 0.800. The van der Waals surface area contributed by atoms with Gasteiger partial charge in [0.2, 0.25) is 0 Å². The van der Waals surface area contributed by atoms with Gasteiger partial charge in [-0.15, -0.1) is 0 Å². The summed E-state index contributed by atoms with van der Waals surface area (Å²) in [6.07, 6.45) is 0.609. The Bertz CT molecular complexity index is 1010. The minimum atomic E-state index is -4.68. The van der Waals surface area contributed by atoms with Crippen LogP contribution in [0.15, 0.2) is 46.3 Å². The van der Waals surface area contributed by atoms with Crippen LogP contribution in [0.4, 0.5) is 18.9 Å². The molecule has 144 valence electrons. The highest BCUT2D eigenvalue weighted by Crippen LogP contribution is 2.37. The van der Waals surface area contributed by atoms with E-state index in [4.69, 9.17) is 5.73 Å². The summed E-state index contributed by atoms with van der Waals surface area (Å²) in [5, 5.41) is 0.378. The summed E-state index contributed by atoms with van der Waals surface area (Å²) in [7, 11) is -4.68. The van der Waals surface area contributed by atoms with E-state index in [-0.39, 0.29) is 0 Å². The number of nitrogens with zero attached hydrogens (tertiary/aromatic N) is 1. The highest BCUT2D eigenvalue weighted by atomic mass is 32.2. The van der Waals surface area contributed by atoms with Gasteiger partial charge in [-0.3, -0.25) is 9.71 Å². The second-order valence-corrected chi connectivity index (χ2v) is 8.91. The number of nitrogens with two attached hydrogens (primary N) is 1. The highest BCUT2D eigenvalue weighted by molar-refractivity contribution is 8.13. The number of thioether (sulfide) groups is 1. The van der Waals surface area contributed by atoms with E-state index < -0.39 is 43.6 Å². The van der Waals surface area contributed by atoms with Crippen LogP contribution in [0.1, 0.15) is 18.9 Å². The van der Waals surface area contributed by atoms with Gasteiger partial charge in [-0.25, -0.2) is 21.6 Å². The van der Waals surface area contributed by atoms with Crippen molar-refractivity contribution >= 4 is 32.6 Å². The maximum Gasteiger partial charge on any atom is 0.267 e. The van der Waals surface area contributed by atoms with Crippen LogP contribution in [0.3, 0.4) is 0 Å². The van der Waals surface area contributed by atoms with Gasteiger partial charge in [0.25, 0.3) is 10.0 Å². The number of hydrogen-bond acceptors (Lipinski definition) is 5. The molecule has 1 heterocycles. The molecule has 0 fully saturated rings. The van der Waals surface area contributed by atoms with E-state index in [1.165, 1.54) is 23.9 Å². The molecule has 10 heteroatoms. The number of anilines is 1. The number of amidine groups is 1. The molecule has 3 N–H and O–H groups in total. The van der Waals surface area contributed by atoms with Crippen molar-refractivity contribution in [3.05, 3.63) is 59.4 Å². The summed E-state index contributed by atoms with van der Waals surface area (Å²) in [5.41, 5.74) is 5.11. The first-order valence-electron chi connectivity index (χ1n) is 7.87. The van der Waals surface area contributed by atoms with Crippen molar-refractivity contribution in [2.45, 2.75) is 23.8 Å². The van der Waals surface area contributed by atoms with E-state index in [2.05, 4.69) is 4.99 Å². The van der Waals surface area contributed by atoms with Crippen LogP contribution in [-0.4, -0.2) is 19.3 Å². The van der Waals surface area contributed by atoms with Gasteiger partial charge in [-0.1, -0.05) is 23.9 Å². The van der Waals surface area contributed by atoms with E-state index in [0.717, 1.165) is 24.3 Å². The third-order valence-electron chi connectivity index (χ3n) is 4.22. The Labute approximate surface area is 158 Å². The minimum absolute atomic E-state index is 0.378. The average Bonchev–Trinajstić information content (AvgIpc) is 2.56. The van der Waals surface area contributed by atoms with E-state index in [1.807, 2.05) is 4.72 Å². The maximum atomic E-state index is 14.2. The Morgan fingerprint density at radius 3 is 2.44 bits per heavy atom. The summed E-state index contributed by atoms with van der Waals surface area (Å²) in [6.45, 7) is 1.79. The van der Waals surface area contributed by atoms with Crippen LogP contribution < -0.4 is 10.5 Å². The van der Waals surface area contributed by atoms with Crippen molar-refractivity contribution in [3.8, 4) is 0 Å². The first kappa shape index (κ1) is 19.6. The van der Waals surface area contributed by atoms with Gasteiger partial charge in [-0.2, -0.15) is 0 Å². The number of sulfonamides is 1. The molecule has 0 spiro atoms. The Morgan fingerprint density at radius 2 is 1.81 bits per heavy atom. The number of nitrogens with one attached hydrogen (secondary N) is 1. The lowest BCUT2D eigenvalue weighted by molar-refractivity contribution is 0.481. The molecule has 5 nitrogen and oxygen atoms in total. The third kappa shape index (κ3) is 3.91. The lowest BCUT2D eigenvalue weighted by Crippen LogP contribution is -2.29. The monoisotopic (exact) mass is 415 g/mol. The van der Waals surface area contributed by atoms with Gasteiger partial charge in [0.05, 0.1) is 11.2 Å². The maximum absolute atomic E-state index is 14.2. The summed E-state index contributed by atoms with van der Waals surface area (Å²) < 4.78 is 68.6. The Balaban J connectivity index is 2.02. The predicted molar refractivity (Wildman–Crippen MR) is 99.6 cm³/mol. The molecule has 0 saturated carbocycles. The molecule has 0 radical (unpaired) electrons. The summed E-state index contributed by atoms with van der Waals surface area (Å²) in [4.78, 5) is 3.21. The zero-order valence-electron chi connectivity index (χ0n) is 14.2. The van der Waals surface area contributed by atoms with Crippen LogP contribution in [0, 0.1) is 17.5 Å². The molecule has 1 aliphatic rings. The zero-order valence-corrected chi connectivity index (χ0v) is 15.8. The van der Waals surface area contributed by atoms with Crippen molar-refractivity contribution in [3.63, 3.8) is 0 Å². The lowest BCUT2D eigenvalue weighted by Gasteiger charge is -2.30. The smallest absolute Gasteiger partial charge is 0.267 e. The minimum Gasteiger partial charge on any atom is -0.379 e. The molecular weight excluding hydrogens is 399 g/mol. The first-order chi connectivity index (χ1) is 12.6.